The Morgan fingerprint density at radius 3 is 2.10 bits per heavy atom. The molecule has 0 bridgehead atoms. The van der Waals surface area contributed by atoms with Crippen molar-refractivity contribution < 1.29 is 14.7 Å². The second-order valence-electron chi connectivity index (χ2n) is 8.15. The van der Waals surface area contributed by atoms with Crippen LogP contribution in [-0.4, -0.2) is 109 Å². The molecule has 3 fully saturated rings. The summed E-state index contributed by atoms with van der Waals surface area (Å²) in [5, 5.41) is 20.7. The number of aliphatic hydroxyl groups is 1. The lowest BCUT2D eigenvalue weighted by molar-refractivity contribution is -0.137. The summed E-state index contributed by atoms with van der Waals surface area (Å²) in [6.45, 7) is 7.80. The molecule has 1 aromatic heterocycles. The van der Waals surface area contributed by atoms with E-state index in [-0.39, 0.29) is 24.3 Å². The van der Waals surface area contributed by atoms with Gasteiger partial charge in [-0.2, -0.15) is 0 Å². The van der Waals surface area contributed by atoms with Crippen LogP contribution in [0, 0.1) is 5.92 Å². The van der Waals surface area contributed by atoms with Crippen molar-refractivity contribution >= 4 is 23.5 Å². The van der Waals surface area contributed by atoms with Gasteiger partial charge < -0.3 is 25.1 Å². The predicted molar refractivity (Wildman–Crippen MR) is 112 cm³/mol. The number of nitrogens with one attached hydrogen (secondary N) is 1. The molecule has 1 atom stereocenters. The fraction of sp³-hybridized carbons (Fsp3) is 0.700. The third-order valence-corrected chi connectivity index (χ3v) is 6.28. The van der Waals surface area contributed by atoms with Gasteiger partial charge >= 0.3 is 0 Å². The van der Waals surface area contributed by atoms with Gasteiger partial charge in [0.05, 0.1) is 12.5 Å². The number of piperidine rings is 1. The zero-order chi connectivity index (χ0) is 20.9. The normalized spacial score (nSPS) is 23.4. The largest absolute Gasteiger partial charge is 0.395 e. The molecular formula is C20H31N7O3. The minimum absolute atomic E-state index is 0.0397. The van der Waals surface area contributed by atoms with Gasteiger partial charge in [-0.1, -0.05) is 0 Å². The molecule has 0 radical (unpaired) electrons. The Morgan fingerprint density at radius 1 is 1.00 bits per heavy atom. The van der Waals surface area contributed by atoms with E-state index in [0.717, 1.165) is 57.4 Å². The number of hydrogen-bond donors (Lipinski definition) is 2. The fourth-order valence-corrected chi connectivity index (χ4v) is 4.36. The van der Waals surface area contributed by atoms with Crippen LogP contribution in [0.2, 0.25) is 0 Å². The zero-order valence-corrected chi connectivity index (χ0v) is 17.4. The van der Waals surface area contributed by atoms with Crippen molar-refractivity contribution in [3.8, 4) is 0 Å². The van der Waals surface area contributed by atoms with Gasteiger partial charge in [-0.05, 0) is 18.6 Å². The molecule has 2 amide bonds. The number of rotatable bonds is 5. The maximum Gasteiger partial charge on any atom is 0.227 e. The number of anilines is 2. The summed E-state index contributed by atoms with van der Waals surface area (Å²) >= 11 is 0. The highest BCUT2D eigenvalue weighted by Crippen LogP contribution is 2.20. The molecule has 3 aliphatic rings. The van der Waals surface area contributed by atoms with E-state index < -0.39 is 0 Å². The highest BCUT2D eigenvalue weighted by Gasteiger charge is 2.30. The molecule has 0 saturated carbocycles. The second-order valence-corrected chi connectivity index (χ2v) is 8.15. The number of amides is 2. The maximum atomic E-state index is 12.7. The highest BCUT2D eigenvalue weighted by atomic mass is 16.3. The number of hydrogen-bond acceptors (Lipinski definition) is 8. The maximum absolute atomic E-state index is 12.7. The molecular weight excluding hydrogens is 386 g/mol. The van der Waals surface area contributed by atoms with E-state index in [4.69, 9.17) is 5.11 Å². The zero-order valence-electron chi connectivity index (χ0n) is 17.4. The average molecular weight is 418 g/mol. The molecule has 4 rings (SSSR count). The van der Waals surface area contributed by atoms with Gasteiger partial charge in [-0.3, -0.25) is 14.5 Å². The summed E-state index contributed by atoms with van der Waals surface area (Å²) in [6, 6.07) is 4.03. The van der Waals surface area contributed by atoms with Crippen molar-refractivity contribution in [1.29, 1.82) is 0 Å². The summed E-state index contributed by atoms with van der Waals surface area (Å²) in [4.78, 5) is 32.6. The van der Waals surface area contributed by atoms with E-state index in [0.29, 0.717) is 32.5 Å². The minimum Gasteiger partial charge on any atom is -0.395 e. The van der Waals surface area contributed by atoms with Crippen molar-refractivity contribution in [2.75, 3.05) is 81.9 Å². The first-order valence-corrected chi connectivity index (χ1v) is 10.9. The average Bonchev–Trinajstić information content (AvgIpc) is 2.80. The van der Waals surface area contributed by atoms with Gasteiger partial charge in [-0.15, -0.1) is 10.2 Å². The van der Waals surface area contributed by atoms with Crippen LogP contribution in [0.15, 0.2) is 12.1 Å². The SMILES string of the molecule is O=C1CCC(C(=O)N2CCN(c3ccc(N4CCN(CCO)CC4)nn3)CC2)CN1. The first kappa shape index (κ1) is 20.8. The van der Waals surface area contributed by atoms with Crippen LogP contribution >= 0.6 is 0 Å². The minimum atomic E-state index is -0.0915. The monoisotopic (exact) mass is 417 g/mol. The molecule has 10 nitrogen and oxygen atoms in total. The van der Waals surface area contributed by atoms with Crippen molar-refractivity contribution in [2.45, 2.75) is 12.8 Å². The summed E-state index contributed by atoms with van der Waals surface area (Å²) in [7, 11) is 0. The summed E-state index contributed by atoms with van der Waals surface area (Å²) < 4.78 is 0. The fourth-order valence-electron chi connectivity index (χ4n) is 4.36. The molecule has 1 unspecified atom stereocenters. The molecule has 10 heteroatoms. The molecule has 0 aromatic carbocycles. The van der Waals surface area contributed by atoms with Crippen molar-refractivity contribution in [2.24, 2.45) is 5.92 Å². The van der Waals surface area contributed by atoms with Crippen LogP contribution in [0.3, 0.4) is 0 Å². The number of carbonyl (C=O) groups excluding carboxylic acids is 2. The molecule has 0 spiro atoms. The summed E-state index contributed by atoms with van der Waals surface area (Å²) in [6.07, 6.45) is 1.08. The lowest BCUT2D eigenvalue weighted by Gasteiger charge is -2.37. The Bertz CT molecular complexity index is 718. The Labute approximate surface area is 176 Å². The Balaban J connectivity index is 1.26. The van der Waals surface area contributed by atoms with Crippen LogP contribution in [0.4, 0.5) is 11.6 Å². The highest BCUT2D eigenvalue weighted by molar-refractivity contribution is 5.84. The smallest absolute Gasteiger partial charge is 0.227 e. The van der Waals surface area contributed by atoms with Gasteiger partial charge in [0, 0.05) is 71.9 Å². The van der Waals surface area contributed by atoms with E-state index in [1.165, 1.54) is 0 Å². The molecule has 3 saturated heterocycles. The Morgan fingerprint density at radius 2 is 1.60 bits per heavy atom. The van der Waals surface area contributed by atoms with Crippen LogP contribution in [-0.2, 0) is 9.59 Å². The molecule has 30 heavy (non-hydrogen) atoms. The van der Waals surface area contributed by atoms with E-state index in [1.54, 1.807) is 0 Å². The number of nitrogens with zero attached hydrogens (tertiary/aromatic N) is 6. The van der Waals surface area contributed by atoms with Gasteiger partial charge in [0.25, 0.3) is 0 Å². The number of piperazine rings is 2. The third-order valence-electron chi connectivity index (χ3n) is 6.28. The molecule has 0 aliphatic carbocycles. The van der Waals surface area contributed by atoms with Gasteiger partial charge in [0.15, 0.2) is 11.6 Å². The number of aromatic nitrogens is 2. The van der Waals surface area contributed by atoms with Gasteiger partial charge in [0.2, 0.25) is 11.8 Å². The number of β-amino-alcohol motifs (C(OH)–C–C–N with tert-alkyl or cyclic N) is 1. The predicted octanol–water partition coefficient (Wildman–Crippen LogP) is -1.23. The van der Waals surface area contributed by atoms with E-state index in [1.807, 2.05) is 17.0 Å². The lowest BCUT2D eigenvalue weighted by Crippen LogP contribution is -2.52. The number of carbonyl (C=O) groups is 2. The van der Waals surface area contributed by atoms with E-state index >= 15 is 0 Å². The van der Waals surface area contributed by atoms with E-state index in [2.05, 4.69) is 30.2 Å². The quantitative estimate of drug-likeness (QED) is 0.613. The first-order chi connectivity index (χ1) is 14.6. The standard InChI is InChI=1S/C20H31N7O3/c28-14-13-24-5-7-25(8-6-24)17-2-3-18(23-22-17)26-9-11-27(12-10-26)20(30)16-1-4-19(29)21-15-16/h2-3,16,28H,1,4-15H2,(H,21,29). The van der Waals surface area contributed by atoms with Crippen molar-refractivity contribution in [3.05, 3.63) is 12.1 Å². The third kappa shape index (κ3) is 4.81. The van der Waals surface area contributed by atoms with Gasteiger partial charge in [0.1, 0.15) is 0 Å². The van der Waals surface area contributed by atoms with Crippen LogP contribution in [0.1, 0.15) is 12.8 Å². The molecule has 4 heterocycles. The molecule has 1 aromatic rings. The van der Waals surface area contributed by atoms with E-state index in [9.17, 15) is 9.59 Å². The van der Waals surface area contributed by atoms with Crippen LogP contribution in [0.5, 0.6) is 0 Å². The molecule has 164 valence electrons. The molecule has 3 aliphatic heterocycles. The number of aliphatic hydroxyl groups excluding tert-OH is 1. The van der Waals surface area contributed by atoms with Crippen LogP contribution < -0.4 is 15.1 Å². The first-order valence-electron chi connectivity index (χ1n) is 10.9. The second kappa shape index (κ2) is 9.57. The van der Waals surface area contributed by atoms with Crippen molar-refractivity contribution in [3.63, 3.8) is 0 Å². The summed E-state index contributed by atoms with van der Waals surface area (Å²) in [5.41, 5.74) is 0. The lowest BCUT2D eigenvalue weighted by atomic mass is 9.97. The van der Waals surface area contributed by atoms with Gasteiger partial charge in [-0.25, -0.2) is 0 Å². The Hall–Kier alpha value is -2.46. The molecule has 2 N–H and O–H groups in total. The van der Waals surface area contributed by atoms with Crippen molar-refractivity contribution in [1.82, 2.24) is 25.3 Å². The summed E-state index contributed by atoms with van der Waals surface area (Å²) in [5.74, 6) is 1.82. The topological polar surface area (TPSA) is 105 Å². The Kier molecular flexibility index (Phi) is 6.63. The van der Waals surface area contributed by atoms with Crippen LogP contribution in [0.25, 0.3) is 0 Å².